The zero-order valence-electron chi connectivity index (χ0n) is 16.5. The molecule has 1 aliphatic carbocycles. The molecule has 5 aromatic rings. The number of pyridine rings is 1. The van der Waals surface area contributed by atoms with Gasteiger partial charge in [0.2, 0.25) is 5.69 Å². The number of benzene rings is 4. The maximum Gasteiger partial charge on any atom is 0.292 e. The minimum Gasteiger partial charge on any atom is -0.434 e. The van der Waals surface area contributed by atoms with Gasteiger partial charge in [-0.05, 0) is 51.4 Å². The van der Waals surface area contributed by atoms with Crippen molar-refractivity contribution in [2.45, 2.75) is 26.0 Å². The van der Waals surface area contributed by atoms with E-state index in [0.717, 1.165) is 5.75 Å². The predicted octanol–water partition coefficient (Wildman–Crippen LogP) is 6.09. The van der Waals surface area contributed by atoms with E-state index in [0.29, 0.717) is 6.73 Å². The fourth-order valence-corrected chi connectivity index (χ4v) is 5.55. The normalized spacial score (nSPS) is 15.7. The van der Waals surface area contributed by atoms with Gasteiger partial charge in [-0.1, -0.05) is 56.3 Å². The Balaban J connectivity index is 1.70. The second-order valence-corrected chi connectivity index (χ2v) is 8.86. The molecule has 138 valence electrons. The molecule has 2 nitrogen and oxygen atoms in total. The number of rotatable bonds is 0. The van der Waals surface area contributed by atoms with E-state index in [4.69, 9.17) is 4.74 Å². The van der Waals surface area contributed by atoms with Crippen molar-refractivity contribution >= 4 is 32.3 Å². The van der Waals surface area contributed by atoms with Gasteiger partial charge in [0.25, 0.3) is 6.73 Å². The lowest BCUT2D eigenvalue weighted by atomic mass is 9.80. The maximum absolute atomic E-state index is 6.43. The highest BCUT2D eigenvalue weighted by atomic mass is 16.5. The van der Waals surface area contributed by atoms with Gasteiger partial charge < -0.3 is 4.74 Å². The van der Waals surface area contributed by atoms with Crippen molar-refractivity contribution in [3.8, 4) is 17.0 Å². The van der Waals surface area contributed by atoms with Gasteiger partial charge in [0.05, 0.1) is 5.56 Å². The van der Waals surface area contributed by atoms with Crippen molar-refractivity contribution in [3.05, 3.63) is 84.1 Å². The molecule has 0 amide bonds. The lowest BCUT2D eigenvalue weighted by molar-refractivity contribution is -0.716. The van der Waals surface area contributed by atoms with Crippen molar-refractivity contribution in [2.75, 3.05) is 0 Å². The van der Waals surface area contributed by atoms with Crippen molar-refractivity contribution < 1.29 is 9.30 Å². The Bertz CT molecular complexity index is 1530. The number of ether oxygens (including phenoxy) is 1. The van der Waals surface area contributed by atoms with Crippen LogP contribution in [0.3, 0.4) is 0 Å². The van der Waals surface area contributed by atoms with Crippen LogP contribution in [0.1, 0.15) is 25.0 Å². The first-order valence-electron chi connectivity index (χ1n) is 10.2. The third-order valence-electron chi connectivity index (χ3n) is 6.89. The third kappa shape index (κ3) is 1.80. The van der Waals surface area contributed by atoms with Crippen LogP contribution in [0.15, 0.2) is 72.9 Å². The van der Waals surface area contributed by atoms with Gasteiger partial charge in [0.15, 0.2) is 6.20 Å². The Labute approximate surface area is 169 Å². The second-order valence-electron chi connectivity index (χ2n) is 8.86. The number of hydrogen-bond donors (Lipinski definition) is 0. The Hall–Kier alpha value is -3.39. The molecule has 7 rings (SSSR count). The largest absolute Gasteiger partial charge is 0.434 e. The molecule has 0 N–H and O–H groups in total. The summed E-state index contributed by atoms with van der Waals surface area (Å²) in [6.45, 7) is 5.27. The van der Waals surface area contributed by atoms with Crippen LogP contribution in [-0.4, -0.2) is 0 Å². The molecule has 1 aromatic heterocycles. The average Bonchev–Trinajstić information content (AvgIpc) is 2.98. The SMILES string of the molecule is CC1(C)c2cc3cc4ccccc4cc3c3c2-c2c1c1ccccc1c[n+]2CO3. The number of hydrogen-bond acceptors (Lipinski definition) is 1. The van der Waals surface area contributed by atoms with E-state index in [9.17, 15) is 0 Å². The summed E-state index contributed by atoms with van der Waals surface area (Å²) in [6.07, 6.45) is 2.24. The van der Waals surface area contributed by atoms with Crippen LogP contribution in [0.2, 0.25) is 0 Å². The van der Waals surface area contributed by atoms with Gasteiger partial charge >= 0.3 is 0 Å². The van der Waals surface area contributed by atoms with E-state index < -0.39 is 0 Å². The topological polar surface area (TPSA) is 13.1 Å². The molecule has 0 atom stereocenters. The first-order chi connectivity index (χ1) is 14.1. The zero-order chi connectivity index (χ0) is 19.3. The molecule has 0 saturated heterocycles. The summed E-state index contributed by atoms with van der Waals surface area (Å²) < 4.78 is 8.73. The van der Waals surface area contributed by atoms with Gasteiger partial charge in [-0.25, -0.2) is 0 Å². The summed E-state index contributed by atoms with van der Waals surface area (Å²) >= 11 is 0. The minimum absolute atomic E-state index is 0.0738. The molecule has 2 aliphatic rings. The maximum atomic E-state index is 6.43. The smallest absolute Gasteiger partial charge is 0.292 e. The highest BCUT2D eigenvalue weighted by molar-refractivity contribution is 6.07. The zero-order valence-corrected chi connectivity index (χ0v) is 16.5. The van der Waals surface area contributed by atoms with Crippen molar-refractivity contribution in [3.63, 3.8) is 0 Å². The Morgan fingerprint density at radius 2 is 1.52 bits per heavy atom. The van der Waals surface area contributed by atoms with Crippen molar-refractivity contribution in [2.24, 2.45) is 0 Å². The van der Waals surface area contributed by atoms with Crippen LogP contribution in [-0.2, 0) is 12.1 Å². The molecular formula is C27H20NO+. The summed E-state index contributed by atoms with van der Waals surface area (Å²) in [5, 5.41) is 7.63. The highest BCUT2D eigenvalue weighted by Crippen LogP contribution is 2.56. The van der Waals surface area contributed by atoms with Crippen LogP contribution >= 0.6 is 0 Å². The summed E-state index contributed by atoms with van der Waals surface area (Å²) in [4.78, 5) is 0. The molecule has 2 heteroatoms. The van der Waals surface area contributed by atoms with Gasteiger partial charge in [0, 0.05) is 21.8 Å². The molecule has 0 unspecified atom stereocenters. The van der Waals surface area contributed by atoms with E-state index in [1.165, 1.54) is 54.7 Å². The van der Waals surface area contributed by atoms with Gasteiger partial charge in [-0.15, -0.1) is 0 Å². The first kappa shape index (κ1) is 15.5. The van der Waals surface area contributed by atoms with Crippen molar-refractivity contribution in [1.29, 1.82) is 0 Å². The van der Waals surface area contributed by atoms with Crippen LogP contribution in [0.25, 0.3) is 43.6 Å². The fourth-order valence-electron chi connectivity index (χ4n) is 5.55. The van der Waals surface area contributed by atoms with Gasteiger partial charge in [-0.3, -0.25) is 0 Å². The fraction of sp³-hybridized carbons (Fsp3) is 0.148. The van der Waals surface area contributed by atoms with E-state index >= 15 is 0 Å². The molecule has 0 saturated carbocycles. The Kier molecular flexibility index (Phi) is 2.65. The molecule has 29 heavy (non-hydrogen) atoms. The van der Waals surface area contributed by atoms with Crippen LogP contribution in [0.4, 0.5) is 0 Å². The van der Waals surface area contributed by atoms with E-state index in [2.05, 4.69) is 91.3 Å². The lowest BCUT2D eigenvalue weighted by Gasteiger charge is -2.22. The molecule has 0 bridgehead atoms. The number of nitrogens with zero attached hydrogens (tertiary/aromatic N) is 1. The quantitative estimate of drug-likeness (QED) is 0.236. The third-order valence-corrected chi connectivity index (χ3v) is 6.89. The minimum atomic E-state index is -0.0738. The summed E-state index contributed by atoms with van der Waals surface area (Å²) in [7, 11) is 0. The molecule has 4 aromatic carbocycles. The van der Waals surface area contributed by atoms with Gasteiger partial charge in [-0.2, -0.15) is 4.57 Å². The molecule has 1 aliphatic heterocycles. The van der Waals surface area contributed by atoms with Gasteiger partial charge in [0.1, 0.15) is 5.75 Å². The van der Waals surface area contributed by atoms with Crippen LogP contribution in [0, 0.1) is 0 Å². The van der Waals surface area contributed by atoms with E-state index in [1.807, 2.05) is 0 Å². The molecule has 2 heterocycles. The first-order valence-corrected chi connectivity index (χ1v) is 10.2. The molecule has 0 spiro atoms. The van der Waals surface area contributed by atoms with Crippen LogP contribution in [0.5, 0.6) is 5.75 Å². The lowest BCUT2D eigenvalue weighted by Crippen LogP contribution is -2.42. The highest BCUT2D eigenvalue weighted by Gasteiger charge is 2.47. The Morgan fingerprint density at radius 3 is 2.34 bits per heavy atom. The average molecular weight is 374 g/mol. The molecular weight excluding hydrogens is 354 g/mol. The van der Waals surface area contributed by atoms with Crippen molar-refractivity contribution in [1.82, 2.24) is 0 Å². The molecule has 0 radical (unpaired) electrons. The van der Waals surface area contributed by atoms with E-state index in [1.54, 1.807) is 0 Å². The number of aromatic nitrogens is 1. The summed E-state index contributed by atoms with van der Waals surface area (Å²) in [5.74, 6) is 1.05. The van der Waals surface area contributed by atoms with E-state index in [-0.39, 0.29) is 5.41 Å². The molecule has 0 fully saturated rings. The standard InChI is InChI=1S/C27H20NO/c1-27(2)22-13-19-11-16-7-3-4-8-17(16)12-21(19)26-23(22)25-24(27)20-10-6-5-9-18(20)14-28(25)15-29-26/h3-14H,15H2,1-2H3/q+1. The predicted molar refractivity (Wildman–Crippen MR) is 117 cm³/mol. The summed E-state index contributed by atoms with van der Waals surface area (Å²) in [6, 6.07) is 24.3. The number of fused-ring (bicyclic) bond motifs is 5. The summed E-state index contributed by atoms with van der Waals surface area (Å²) in [5.41, 5.74) is 5.34. The van der Waals surface area contributed by atoms with Crippen LogP contribution < -0.4 is 9.30 Å². The Morgan fingerprint density at radius 1 is 0.793 bits per heavy atom. The monoisotopic (exact) mass is 374 g/mol. The second kappa shape index (κ2) is 4.96.